The second kappa shape index (κ2) is 3.52. The number of hydrogen-bond acceptors (Lipinski definition) is 3. The molecule has 4 atom stereocenters. The van der Waals surface area contributed by atoms with Crippen LogP contribution in [-0.2, 0) is 4.74 Å². The number of rotatable bonds is 2. The van der Waals surface area contributed by atoms with Crippen molar-refractivity contribution in [3.8, 4) is 0 Å². The summed E-state index contributed by atoms with van der Waals surface area (Å²) in [6, 6.07) is 0. The van der Waals surface area contributed by atoms with Crippen molar-refractivity contribution < 1.29 is 14.9 Å². The highest BCUT2D eigenvalue weighted by Crippen LogP contribution is 2.23. The van der Waals surface area contributed by atoms with Crippen molar-refractivity contribution in [1.29, 1.82) is 0 Å². The third-order valence-corrected chi connectivity index (χ3v) is 2.16. The fourth-order valence-corrected chi connectivity index (χ4v) is 1.40. The molecule has 0 radical (unpaired) electrons. The van der Waals surface area contributed by atoms with E-state index in [4.69, 9.17) is 14.9 Å². The van der Waals surface area contributed by atoms with Crippen molar-refractivity contribution in [2.24, 2.45) is 0 Å². The first-order valence-corrected chi connectivity index (χ1v) is 4.13. The van der Waals surface area contributed by atoms with Gasteiger partial charge in [-0.15, -0.1) is 0 Å². The monoisotopic (exact) mass is 160 g/mol. The van der Waals surface area contributed by atoms with E-state index in [1.807, 2.05) is 0 Å². The van der Waals surface area contributed by atoms with Crippen molar-refractivity contribution in [3.63, 3.8) is 0 Å². The van der Waals surface area contributed by atoms with Crippen LogP contribution in [0.1, 0.15) is 26.7 Å². The Bertz CT molecular complexity index is 109. The molecule has 1 rings (SSSR count). The highest BCUT2D eigenvalue weighted by Gasteiger charge is 2.30. The van der Waals surface area contributed by atoms with Crippen molar-refractivity contribution in [2.75, 3.05) is 0 Å². The van der Waals surface area contributed by atoms with E-state index in [0.717, 1.165) is 12.8 Å². The number of aliphatic hydroxyl groups excluding tert-OH is 2. The zero-order valence-corrected chi connectivity index (χ0v) is 7.03. The third kappa shape index (κ3) is 2.15. The molecule has 0 aromatic carbocycles. The lowest BCUT2D eigenvalue weighted by atomic mass is 10.1. The van der Waals surface area contributed by atoms with E-state index in [1.54, 1.807) is 13.8 Å². The van der Waals surface area contributed by atoms with E-state index in [9.17, 15) is 0 Å². The summed E-state index contributed by atoms with van der Waals surface area (Å²) in [6.07, 6.45) is 0.724. The van der Waals surface area contributed by atoms with Gasteiger partial charge in [-0.25, -0.2) is 0 Å². The first-order valence-electron chi connectivity index (χ1n) is 4.13. The summed E-state index contributed by atoms with van der Waals surface area (Å²) in [5, 5.41) is 18.3. The minimum atomic E-state index is -0.418. The average Bonchev–Trinajstić information content (AvgIpc) is 2.33. The maximum Gasteiger partial charge on any atom is 0.0837 e. The Balaban J connectivity index is 2.35. The molecule has 11 heavy (non-hydrogen) atoms. The largest absolute Gasteiger partial charge is 0.391 e. The minimum absolute atomic E-state index is 0.0744. The molecule has 66 valence electrons. The van der Waals surface area contributed by atoms with Crippen LogP contribution in [0.4, 0.5) is 0 Å². The van der Waals surface area contributed by atoms with E-state index < -0.39 is 12.2 Å². The first-order chi connectivity index (χ1) is 5.11. The van der Waals surface area contributed by atoms with Crippen molar-refractivity contribution >= 4 is 0 Å². The summed E-state index contributed by atoms with van der Waals surface area (Å²) < 4.78 is 5.38. The lowest BCUT2D eigenvalue weighted by Gasteiger charge is -2.17. The Kier molecular flexibility index (Phi) is 2.87. The summed E-state index contributed by atoms with van der Waals surface area (Å²) in [7, 11) is 0. The molecule has 2 N–H and O–H groups in total. The second-order valence-electron chi connectivity index (χ2n) is 3.27. The summed E-state index contributed by atoms with van der Waals surface area (Å²) in [5.41, 5.74) is 0. The average molecular weight is 160 g/mol. The van der Waals surface area contributed by atoms with E-state index in [0.29, 0.717) is 0 Å². The van der Waals surface area contributed by atoms with Gasteiger partial charge in [-0.1, -0.05) is 0 Å². The first kappa shape index (κ1) is 8.97. The molecule has 0 bridgehead atoms. The van der Waals surface area contributed by atoms with Crippen LogP contribution in [0, 0.1) is 0 Å². The van der Waals surface area contributed by atoms with Crippen LogP contribution in [0.25, 0.3) is 0 Å². The topological polar surface area (TPSA) is 49.7 Å². The van der Waals surface area contributed by atoms with Gasteiger partial charge in [0.1, 0.15) is 0 Å². The number of hydrogen-bond donors (Lipinski definition) is 2. The molecule has 0 aliphatic carbocycles. The molecule has 3 nitrogen and oxygen atoms in total. The SMILES string of the molecule is CC(O)C1CCC(C(C)O)O1. The van der Waals surface area contributed by atoms with E-state index in [2.05, 4.69) is 0 Å². The molecule has 1 aliphatic heterocycles. The van der Waals surface area contributed by atoms with Gasteiger partial charge in [-0.3, -0.25) is 0 Å². The fourth-order valence-electron chi connectivity index (χ4n) is 1.40. The lowest BCUT2D eigenvalue weighted by Crippen LogP contribution is -2.27. The molecule has 1 aliphatic rings. The van der Waals surface area contributed by atoms with Crippen LogP contribution in [-0.4, -0.2) is 34.6 Å². The van der Waals surface area contributed by atoms with Gasteiger partial charge in [-0.2, -0.15) is 0 Å². The highest BCUT2D eigenvalue weighted by molar-refractivity contribution is 4.79. The van der Waals surface area contributed by atoms with Crippen LogP contribution < -0.4 is 0 Å². The van der Waals surface area contributed by atoms with Gasteiger partial charge in [0, 0.05) is 0 Å². The molecule has 4 unspecified atom stereocenters. The quantitative estimate of drug-likeness (QED) is 0.610. The highest BCUT2D eigenvalue weighted by atomic mass is 16.5. The Morgan fingerprint density at radius 2 is 1.45 bits per heavy atom. The maximum absolute atomic E-state index is 9.15. The number of ether oxygens (including phenoxy) is 1. The van der Waals surface area contributed by atoms with Gasteiger partial charge < -0.3 is 14.9 Å². The standard InChI is InChI=1S/C8H16O3/c1-5(9)7-3-4-8(11-7)6(2)10/h5-10H,3-4H2,1-2H3. The van der Waals surface area contributed by atoms with Gasteiger partial charge >= 0.3 is 0 Å². The van der Waals surface area contributed by atoms with Crippen molar-refractivity contribution in [2.45, 2.75) is 51.1 Å². The van der Waals surface area contributed by atoms with Crippen LogP contribution in [0.15, 0.2) is 0 Å². The number of aliphatic hydroxyl groups is 2. The van der Waals surface area contributed by atoms with E-state index in [-0.39, 0.29) is 12.2 Å². The normalized spacial score (nSPS) is 37.1. The molecule has 1 heterocycles. The molecule has 0 aromatic rings. The predicted molar refractivity (Wildman–Crippen MR) is 41.3 cm³/mol. The minimum Gasteiger partial charge on any atom is -0.391 e. The van der Waals surface area contributed by atoms with Crippen molar-refractivity contribution in [1.82, 2.24) is 0 Å². The van der Waals surface area contributed by atoms with E-state index in [1.165, 1.54) is 0 Å². The van der Waals surface area contributed by atoms with Crippen LogP contribution in [0.5, 0.6) is 0 Å². The van der Waals surface area contributed by atoms with Crippen molar-refractivity contribution in [3.05, 3.63) is 0 Å². The van der Waals surface area contributed by atoms with Gasteiger partial charge in [0.05, 0.1) is 24.4 Å². The summed E-state index contributed by atoms with van der Waals surface area (Å²) in [4.78, 5) is 0. The summed E-state index contributed by atoms with van der Waals surface area (Å²) in [5.74, 6) is 0. The van der Waals surface area contributed by atoms with Crippen LogP contribution in [0.2, 0.25) is 0 Å². The Labute approximate surface area is 67.0 Å². The van der Waals surface area contributed by atoms with Gasteiger partial charge in [0.25, 0.3) is 0 Å². The summed E-state index contributed by atoms with van der Waals surface area (Å²) in [6.45, 7) is 3.43. The molecule has 1 fully saturated rings. The van der Waals surface area contributed by atoms with Crippen LogP contribution in [0.3, 0.4) is 0 Å². The molecule has 0 amide bonds. The van der Waals surface area contributed by atoms with E-state index >= 15 is 0 Å². The fraction of sp³-hybridized carbons (Fsp3) is 1.00. The van der Waals surface area contributed by atoms with Gasteiger partial charge in [0.15, 0.2) is 0 Å². The second-order valence-corrected chi connectivity index (χ2v) is 3.27. The smallest absolute Gasteiger partial charge is 0.0837 e. The molecule has 0 aromatic heterocycles. The Morgan fingerprint density at radius 3 is 1.64 bits per heavy atom. The zero-order valence-electron chi connectivity index (χ0n) is 7.03. The van der Waals surface area contributed by atoms with Gasteiger partial charge in [-0.05, 0) is 26.7 Å². The maximum atomic E-state index is 9.15. The lowest BCUT2D eigenvalue weighted by molar-refractivity contribution is -0.0651. The van der Waals surface area contributed by atoms with Gasteiger partial charge in [0.2, 0.25) is 0 Å². The Morgan fingerprint density at radius 1 is 1.09 bits per heavy atom. The molecule has 3 heteroatoms. The molecule has 1 saturated heterocycles. The molecular weight excluding hydrogens is 144 g/mol. The van der Waals surface area contributed by atoms with Crippen LogP contribution >= 0.6 is 0 Å². The summed E-state index contributed by atoms with van der Waals surface area (Å²) >= 11 is 0. The zero-order chi connectivity index (χ0) is 8.43. The predicted octanol–water partition coefficient (Wildman–Crippen LogP) is 0.296. The third-order valence-electron chi connectivity index (χ3n) is 2.16. The Hall–Kier alpha value is -0.120. The molecule has 0 saturated carbocycles. The molecule has 0 spiro atoms. The molecular formula is C8H16O3.